The van der Waals surface area contributed by atoms with Gasteiger partial charge in [0.25, 0.3) is 0 Å². The van der Waals surface area contributed by atoms with Crippen molar-refractivity contribution in [3.63, 3.8) is 0 Å². The summed E-state index contributed by atoms with van der Waals surface area (Å²) >= 11 is 0. The molecule has 1 N–H and O–H groups in total. The smallest absolute Gasteiger partial charge is 0.225 e. The number of nitrogens with one attached hydrogen (secondary N) is 1. The van der Waals surface area contributed by atoms with Crippen LogP contribution in [0.15, 0.2) is 24.3 Å². The maximum absolute atomic E-state index is 12.5. The Hall–Kier alpha value is -2.04. The van der Waals surface area contributed by atoms with E-state index >= 15 is 0 Å². The van der Waals surface area contributed by atoms with Gasteiger partial charge in [-0.05, 0) is 51.2 Å². The van der Waals surface area contributed by atoms with Gasteiger partial charge in [0.2, 0.25) is 11.9 Å². The largest absolute Gasteiger partial charge is 0.353 e. The van der Waals surface area contributed by atoms with E-state index in [0.717, 1.165) is 56.7 Å². The van der Waals surface area contributed by atoms with Crippen LogP contribution in [0.25, 0.3) is 11.0 Å². The number of benzene rings is 1. The Balaban J connectivity index is 1.62. The number of piperidine rings is 1. The molecule has 2 aromatic rings. The number of rotatable bonds is 5. The molecule has 0 spiro atoms. The van der Waals surface area contributed by atoms with Crippen molar-refractivity contribution in [3.8, 4) is 0 Å². The number of para-hydroxylation sites is 2. The monoisotopic (exact) mass is 340 g/mol. The third kappa shape index (κ3) is 3.24. The van der Waals surface area contributed by atoms with E-state index in [1.165, 1.54) is 5.52 Å². The molecule has 4 rings (SSSR count). The van der Waals surface area contributed by atoms with Crippen molar-refractivity contribution >= 4 is 22.9 Å². The van der Waals surface area contributed by atoms with Crippen LogP contribution in [0.3, 0.4) is 0 Å². The number of anilines is 1. The first-order valence-corrected chi connectivity index (χ1v) is 9.69. The number of nitrogens with zero attached hydrogens (tertiary/aromatic N) is 3. The highest BCUT2D eigenvalue weighted by molar-refractivity contribution is 5.81. The van der Waals surface area contributed by atoms with Crippen molar-refractivity contribution in [2.24, 2.45) is 5.92 Å². The maximum Gasteiger partial charge on any atom is 0.225 e. The number of hydrogen-bond donors (Lipinski definition) is 1. The van der Waals surface area contributed by atoms with Crippen LogP contribution >= 0.6 is 0 Å². The highest BCUT2D eigenvalue weighted by Gasteiger charge is 2.32. The van der Waals surface area contributed by atoms with Crippen LogP contribution in [0.5, 0.6) is 0 Å². The first-order valence-electron chi connectivity index (χ1n) is 9.69. The number of carbonyl (C=O) groups is 1. The number of imidazole rings is 1. The normalized spacial score (nSPS) is 22.2. The zero-order valence-corrected chi connectivity index (χ0v) is 15.2. The second kappa shape index (κ2) is 6.70. The summed E-state index contributed by atoms with van der Waals surface area (Å²) in [5.74, 6) is 1.34. The molecule has 1 saturated heterocycles. The molecular weight excluding hydrogens is 312 g/mol. The summed E-state index contributed by atoms with van der Waals surface area (Å²) in [6, 6.07) is 9.19. The second-order valence-corrected chi connectivity index (χ2v) is 7.60. The fraction of sp³-hybridized carbons (Fsp3) is 0.600. The quantitative estimate of drug-likeness (QED) is 0.906. The Morgan fingerprint density at radius 3 is 2.88 bits per heavy atom. The molecule has 25 heavy (non-hydrogen) atoms. The van der Waals surface area contributed by atoms with Crippen molar-refractivity contribution < 1.29 is 4.79 Å². The standard InChI is InChI=1S/C20H28N4O/c1-3-14(2)24-18-9-5-4-8-17(18)22-20(24)23-12-6-7-15(13-23)19(25)21-16-10-11-16/h4-5,8-9,14-16H,3,6-7,10-13H2,1-2H3,(H,21,25). The van der Waals surface area contributed by atoms with Crippen LogP contribution < -0.4 is 10.2 Å². The van der Waals surface area contributed by atoms with Crippen molar-refractivity contribution in [1.82, 2.24) is 14.9 Å². The number of carbonyl (C=O) groups excluding carboxylic acids is 1. The average Bonchev–Trinajstić information content (AvgIpc) is 3.37. The fourth-order valence-corrected chi connectivity index (χ4v) is 3.79. The summed E-state index contributed by atoms with van der Waals surface area (Å²) in [6.45, 7) is 6.22. The molecule has 1 saturated carbocycles. The summed E-state index contributed by atoms with van der Waals surface area (Å²) in [5, 5.41) is 3.18. The van der Waals surface area contributed by atoms with Crippen molar-refractivity contribution in [1.29, 1.82) is 0 Å². The average molecular weight is 340 g/mol. The van der Waals surface area contributed by atoms with E-state index in [1.54, 1.807) is 0 Å². The van der Waals surface area contributed by atoms with Crippen LogP contribution in [-0.4, -0.2) is 34.6 Å². The minimum absolute atomic E-state index is 0.0829. The van der Waals surface area contributed by atoms with Crippen LogP contribution in [0.1, 0.15) is 52.0 Å². The molecule has 2 fully saturated rings. The van der Waals surface area contributed by atoms with Gasteiger partial charge in [-0.1, -0.05) is 19.1 Å². The van der Waals surface area contributed by atoms with Gasteiger partial charge in [-0.15, -0.1) is 0 Å². The molecule has 0 radical (unpaired) electrons. The summed E-state index contributed by atoms with van der Waals surface area (Å²) in [6.07, 6.45) is 5.38. The van der Waals surface area contributed by atoms with Crippen LogP contribution in [0.4, 0.5) is 5.95 Å². The summed E-state index contributed by atoms with van der Waals surface area (Å²) in [5.41, 5.74) is 2.23. The Morgan fingerprint density at radius 2 is 2.12 bits per heavy atom. The van der Waals surface area contributed by atoms with E-state index in [4.69, 9.17) is 4.98 Å². The first-order chi connectivity index (χ1) is 12.2. The minimum Gasteiger partial charge on any atom is -0.353 e. The zero-order valence-electron chi connectivity index (χ0n) is 15.2. The Kier molecular flexibility index (Phi) is 4.40. The SMILES string of the molecule is CCC(C)n1c(N2CCCC(C(=O)NC3CC3)C2)nc2ccccc21. The number of hydrogen-bond acceptors (Lipinski definition) is 3. The van der Waals surface area contributed by atoms with Gasteiger partial charge in [-0.25, -0.2) is 4.98 Å². The lowest BCUT2D eigenvalue weighted by molar-refractivity contribution is -0.125. The van der Waals surface area contributed by atoms with E-state index < -0.39 is 0 Å². The van der Waals surface area contributed by atoms with E-state index in [-0.39, 0.29) is 11.8 Å². The van der Waals surface area contributed by atoms with Crippen molar-refractivity contribution in [3.05, 3.63) is 24.3 Å². The fourth-order valence-electron chi connectivity index (χ4n) is 3.79. The molecule has 1 aliphatic heterocycles. The number of fused-ring (bicyclic) bond motifs is 1. The topological polar surface area (TPSA) is 50.2 Å². The van der Waals surface area contributed by atoms with Gasteiger partial charge in [0.1, 0.15) is 0 Å². The lowest BCUT2D eigenvalue weighted by Gasteiger charge is -2.34. The van der Waals surface area contributed by atoms with E-state index in [1.807, 2.05) is 6.07 Å². The predicted molar refractivity (Wildman–Crippen MR) is 101 cm³/mol. The molecule has 5 nitrogen and oxygen atoms in total. The molecule has 2 unspecified atom stereocenters. The summed E-state index contributed by atoms with van der Waals surface area (Å²) < 4.78 is 2.36. The van der Waals surface area contributed by atoms with Gasteiger partial charge >= 0.3 is 0 Å². The molecule has 2 heterocycles. The first kappa shape index (κ1) is 16.4. The van der Waals surface area contributed by atoms with Crippen LogP contribution in [0, 0.1) is 5.92 Å². The van der Waals surface area contributed by atoms with E-state index in [0.29, 0.717) is 12.1 Å². The van der Waals surface area contributed by atoms with E-state index in [2.05, 4.69) is 46.8 Å². The van der Waals surface area contributed by atoms with E-state index in [9.17, 15) is 4.79 Å². The maximum atomic E-state index is 12.5. The Morgan fingerprint density at radius 1 is 1.32 bits per heavy atom. The third-order valence-electron chi connectivity index (χ3n) is 5.61. The minimum atomic E-state index is 0.0829. The number of aromatic nitrogens is 2. The van der Waals surface area contributed by atoms with Crippen LogP contribution in [0.2, 0.25) is 0 Å². The molecule has 134 valence electrons. The third-order valence-corrected chi connectivity index (χ3v) is 5.61. The predicted octanol–water partition coefficient (Wildman–Crippen LogP) is 3.50. The lowest BCUT2D eigenvalue weighted by Crippen LogP contribution is -2.44. The van der Waals surface area contributed by atoms with Gasteiger partial charge in [0.05, 0.1) is 17.0 Å². The van der Waals surface area contributed by atoms with Crippen molar-refractivity contribution in [2.45, 2.75) is 58.0 Å². The van der Waals surface area contributed by atoms with Gasteiger partial charge in [0, 0.05) is 25.2 Å². The second-order valence-electron chi connectivity index (χ2n) is 7.60. The van der Waals surface area contributed by atoms with Gasteiger partial charge in [-0.3, -0.25) is 4.79 Å². The lowest BCUT2D eigenvalue weighted by atomic mass is 9.97. The molecule has 1 amide bonds. The molecule has 5 heteroatoms. The summed E-state index contributed by atoms with van der Waals surface area (Å²) in [4.78, 5) is 19.8. The molecular formula is C20H28N4O. The highest BCUT2D eigenvalue weighted by Crippen LogP contribution is 2.31. The van der Waals surface area contributed by atoms with Gasteiger partial charge in [0.15, 0.2) is 0 Å². The molecule has 2 aliphatic rings. The molecule has 1 aromatic carbocycles. The summed E-state index contributed by atoms with van der Waals surface area (Å²) in [7, 11) is 0. The highest BCUT2D eigenvalue weighted by atomic mass is 16.2. The molecule has 1 aromatic heterocycles. The number of amides is 1. The Bertz CT molecular complexity index is 764. The zero-order chi connectivity index (χ0) is 17.4. The van der Waals surface area contributed by atoms with Gasteiger partial charge in [-0.2, -0.15) is 0 Å². The van der Waals surface area contributed by atoms with Gasteiger partial charge < -0.3 is 14.8 Å². The molecule has 0 bridgehead atoms. The Labute approximate surface area is 149 Å². The van der Waals surface area contributed by atoms with Crippen LogP contribution in [-0.2, 0) is 4.79 Å². The molecule has 2 atom stereocenters. The van der Waals surface area contributed by atoms with Crippen molar-refractivity contribution in [2.75, 3.05) is 18.0 Å². The molecule has 1 aliphatic carbocycles.